The average molecular weight is 226 g/mol. The Labute approximate surface area is 88.9 Å². The van der Waals surface area contributed by atoms with Gasteiger partial charge < -0.3 is 4.74 Å². The van der Waals surface area contributed by atoms with Crippen LogP contribution < -0.4 is 0 Å². The fourth-order valence-electron chi connectivity index (χ4n) is 0.780. The van der Waals surface area contributed by atoms with Gasteiger partial charge in [0.1, 0.15) is 10.9 Å². The van der Waals surface area contributed by atoms with E-state index in [2.05, 4.69) is 4.74 Å². The molecule has 0 bridgehead atoms. The van der Waals surface area contributed by atoms with Crippen molar-refractivity contribution in [2.75, 3.05) is 0 Å². The van der Waals surface area contributed by atoms with Crippen molar-refractivity contribution >= 4 is 22.3 Å². The van der Waals surface area contributed by atoms with Gasteiger partial charge >= 0.3 is 11.0 Å². The second-order valence-corrected chi connectivity index (χ2v) is 3.63. The fourth-order valence-corrected chi connectivity index (χ4v) is 1.48. The molecular weight excluding hydrogens is 220 g/mol. The zero-order valence-electron chi connectivity index (χ0n) is 7.67. The summed E-state index contributed by atoms with van der Waals surface area (Å²) in [5, 5.41) is 18.6. The van der Waals surface area contributed by atoms with Gasteiger partial charge in [-0.05, 0) is 13.0 Å². The first-order chi connectivity index (χ1) is 7.04. The lowest BCUT2D eigenvalue weighted by molar-refractivity contribution is -0.380. The number of hydrogen-bond acceptors (Lipinski definition) is 6. The van der Waals surface area contributed by atoms with E-state index in [9.17, 15) is 14.9 Å². The van der Waals surface area contributed by atoms with Crippen molar-refractivity contribution in [1.82, 2.24) is 0 Å². The van der Waals surface area contributed by atoms with Gasteiger partial charge in [-0.3, -0.25) is 10.1 Å². The Hall–Kier alpha value is -1.94. The molecule has 0 fully saturated rings. The third-order valence-electron chi connectivity index (χ3n) is 1.44. The summed E-state index contributed by atoms with van der Waals surface area (Å²) in [5.41, 5.74) is 0. The lowest BCUT2D eigenvalue weighted by Gasteiger charge is -2.02. The Morgan fingerprint density at radius 3 is 2.87 bits per heavy atom. The van der Waals surface area contributed by atoms with Gasteiger partial charge in [0.15, 0.2) is 6.10 Å². The summed E-state index contributed by atoms with van der Waals surface area (Å²) in [6.45, 7) is 1.42. The monoisotopic (exact) mass is 226 g/mol. The molecule has 7 heteroatoms. The maximum atomic E-state index is 11.3. The van der Waals surface area contributed by atoms with Crippen molar-refractivity contribution in [3.8, 4) is 6.07 Å². The Kier molecular flexibility index (Phi) is 3.36. The molecule has 0 N–H and O–H groups in total. The first-order valence-electron chi connectivity index (χ1n) is 3.89. The van der Waals surface area contributed by atoms with Gasteiger partial charge in [-0.15, -0.1) is 0 Å². The molecule has 0 aliphatic heterocycles. The summed E-state index contributed by atoms with van der Waals surface area (Å²) in [6.07, 6.45) is -0.862. The van der Waals surface area contributed by atoms with Crippen molar-refractivity contribution in [2.24, 2.45) is 0 Å². The normalized spacial score (nSPS) is 11.5. The van der Waals surface area contributed by atoms with E-state index in [0.717, 1.165) is 11.3 Å². The summed E-state index contributed by atoms with van der Waals surface area (Å²) >= 11 is 0.719. The van der Waals surface area contributed by atoms with E-state index in [1.54, 1.807) is 6.07 Å². The van der Waals surface area contributed by atoms with E-state index in [0.29, 0.717) is 0 Å². The lowest BCUT2D eigenvalue weighted by atomic mass is 10.4. The highest BCUT2D eigenvalue weighted by Gasteiger charge is 2.17. The summed E-state index contributed by atoms with van der Waals surface area (Å²) < 4.78 is 4.67. The van der Waals surface area contributed by atoms with Gasteiger partial charge in [-0.1, -0.05) is 11.3 Å². The number of nitrogens with zero attached hydrogens (tertiary/aromatic N) is 2. The van der Waals surface area contributed by atoms with Crippen LogP contribution in [0.4, 0.5) is 5.00 Å². The number of nitriles is 1. The number of hydrogen-bond donors (Lipinski definition) is 0. The molecule has 6 nitrogen and oxygen atoms in total. The molecule has 1 rings (SSSR count). The van der Waals surface area contributed by atoms with E-state index >= 15 is 0 Å². The van der Waals surface area contributed by atoms with Gasteiger partial charge in [0.05, 0.1) is 4.92 Å². The lowest BCUT2D eigenvalue weighted by Crippen LogP contribution is -2.11. The highest BCUT2D eigenvalue weighted by atomic mass is 32.1. The van der Waals surface area contributed by atoms with Crippen LogP contribution in [0, 0.1) is 21.4 Å². The summed E-state index contributed by atoms with van der Waals surface area (Å²) in [5.74, 6) is -0.720. The minimum Gasteiger partial charge on any atom is -0.443 e. The predicted octanol–water partition coefficient (Wildman–Crippen LogP) is 1.73. The Bertz CT molecular complexity index is 434. The Morgan fingerprint density at radius 2 is 2.40 bits per heavy atom. The quantitative estimate of drug-likeness (QED) is 0.444. The van der Waals surface area contributed by atoms with E-state index < -0.39 is 17.0 Å². The number of nitro groups is 1. The minimum atomic E-state index is -0.862. The maximum absolute atomic E-state index is 11.3. The van der Waals surface area contributed by atoms with Crippen molar-refractivity contribution < 1.29 is 14.5 Å². The van der Waals surface area contributed by atoms with Gasteiger partial charge in [0, 0.05) is 6.07 Å². The molecule has 0 amide bonds. The standard InChI is InChI=1S/C8H6N2O4S/c1-5(4-9)14-8(11)6-2-3-7(15-6)10(12)13/h2-3,5H,1H3/t5-/m1/s1. The molecule has 78 valence electrons. The highest BCUT2D eigenvalue weighted by molar-refractivity contribution is 7.17. The van der Waals surface area contributed by atoms with Crippen molar-refractivity contribution in [3.05, 3.63) is 27.1 Å². The van der Waals surface area contributed by atoms with E-state index in [1.165, 1.54) is 19.1 Å². The van der Waals surface area contributed by atoms with Crippen LogP contribution >= 0.6 is 11.3 Å². The molecule has 1 heterocycles. The number of carbonyl (C=O) groups excluding carboxylic acids is 1. The molecule has 0 unspecified atom stereocenters. The van der Waals surface area contributed by atoms with E-state index in [4.69, 9.17) is 5.26 Å². The predicted molar refractivity (Wildman–Crippen MR) is 51.5 cm³/mol. The number of ether oxygens (including phenoxy) is 1. The molecule has 0 saturated heterocycles. The van der Waals surface area contributed by atoms with Crippen LogP contribution in [0.15, 0.2) is 12.1 Å². The van der Waals surface area contributed by atoms with Crippen LogP contribution in [0.5, 0.6) is 0 Å². The second kappa shape index (κ2) is 4.52. The molecule has 0 aliphatic carbocycles. The largest absolute Gasteiger partial charge is 0.443 e. The maximum Gasteiger partial charge on any atom is 0.349 e. The molecule has 1 aromatic rings. The molecule has 0 spiro atoms. The Balaban J connectivity index is 2.75. The first-order valence-corrected chi connectivity index (χ1v) is 4.71. The number of carbonyl (C=O) groups is 1. The molecule has 0 radical (unpaired) electrons. The van der Waals surface area contributed by atoms with Gasteiger partial charge in [-0.25, -0.2) is 4.79 Å². The smallest absolute Gasteiger partial charge is 0.349 e. The number of esters is 1. The van der Waals surface area contributed by atoms with E-state index in [-0.39, 0.29) is 9.88 Å². The third-order valence-corrected chi connectivity index (χ3v) is 2.46. The van der Waals surface area contributed by atoms with Crippen LogP contribution in [-0.2, 0) is 4.74 Å². The number of rotatable bonds is 3. The molecule has 0 aliphatic rings. The minimum absolute atomic E-state index is 0.115. The topological polar surface area (TPSA) is 93.2 Å². The zero-order chi connectivity index (χ0) is 11.4. The zero-order valence-corrected chi connectivity index (χ0v) is 8.48. The van der Waals surface area contributed by atoms with Gasteiger partial charge in [0.25, 0.3) is 0 Å². The van der Waals surface area contributed by atoms with E-state index in [1.807, 2.05) is 0 Å². The molecule has 0 saturated carbocycles. The van der Waals surface area contributed by atoms with Crippen molar-refractivity contribution in [2.45, 2.75) is 13.0 Å². The highest BCUT2D eigenvalue weighted by Crippen LogP contribution is 2.24. The first kappa shape index (κ1) is 11.1. The molecule has 15 heavy (non-hydrogen) atoms. The van der Waals surface area contributed by atoms with Gasteiger partial charge in [-0.2, -0.15) is 5.26 Å². The Morgan fingerprint density at radius 1 is 1.73 bits per heavy atom. The second-order valence-electron chi connectivity index (χ2n) is 2.57. The van der Waals surface area contributed by atoms with Crippen molar-refractivity contribution in [3.63, 3.8) is 0 Å². The molecule has 0 aromatic carbocycles. The van der Waals surface area contributed by atoms with Gasteiger partial charge in [0.2, 0.25) is 0 Å². The average Bonchev–Trinajstić information content (AvgIpc) is 2.66. The third kappa shape index (κ3) is 2.75. The summed E-state index contributed by atoms with van der Waals surface area (Å²) in [7, 11) is 0. The van der Waals surface area contributed by atoms with Crippen LogP contribution in [0.2, 0.25) is 0 Å². The van der Waals surface area contributed by atoms with Crippen LogP contribution in [-0.4, -0.2) is 17.0 Å². The van der Waals surface area contributed by atoms with Crippen molar-refractivity contribution in [1.29, 1.82) is 5.26 Å². The molecular formula is C8H6N2O4S. The number of thiophene rings is 1. The fraction of sp³-hybridized carbons (Fsp3) is 0.250. The molecule has 1 atom stereocenters. The van der Waals surface area contributed by atoms with Crippen LogP contribution in [0.3, 0.4) is 0 Å². The SMILES string of the molecule is C[C@H](C#N)OC(=O)c1ccc([N+](=O)[O-])s1. The summed E-state index contributed by atoms with van der Waals surface area (Å²) in [6, 6.07) is 4.24. The van der Waals surface area contributed by atoms with Crippen LogP contribution in [0.1, 0.15) is 16.6 Å². The van der Waals surface area contributed by atoms with Crippen LogP contribution in [0.25, 0.3) is 0 Å². The molecule has 1 aromatic heterocycles. The summed E-state index contributed by atoms with van der Waals surface area (Å²) in [4.78, 5) is 21.1.